The molecule has 0 spiro atoms. The van der Waals surface area contributed by atoms with Crippen LogP contribution in [0.1, 0.15) is 94.2 Å². The summed E-state index contributed by atoms with van der Waals surface area (Å²) >= 11 is 0. The predicted octanol–water partition coefficient (Wildman–Crippen LogP) is 4.14. The molecule has 1 heterocycles. The maximum atomic E-state index is 5.62. The summed E-state index contributed by atoms with van der Waals surface area (Å²) in [4.78, 5) is 4.78. The molecule has 1 N–H and O–H groups in total. The van der Waals surface area contributed by atoms with Crippen molar-refractivity contribution in [2.75, 3.05) is 7.05 Å². The molecular weight excluding hydrogens is 262 g/mol. The van der Waals surface area contributed by atoms with Crippen molar-refractivity contribution >= 4 is 0 Å². The zero-order valence-electron chi connectivity index (χ0n) is 13.3. The number of hydrogen-bond acceptors (Lipinski definition) is 4. The van der Waals surface area contributed by atoms with Crippen LogP contribution in [0, 0.1) is 0 Å². The van der Waals surface area contributed by atoms with Gasteiger partial charge in [0.1, 0.15) is 0 Å². The van der Waals surface area contributed by atoms with E-state index in [4.69, 9.17) is 9.51 Å². The van der Waals surface area contributed by atoms with Gasteiger partial charge < -0.3 is 9.84 Å². The van der Waals surface area contributed by atoms with E-state index in [2.05, 4.69) is 17.5 Å². The Balaban J connectivity index is 1.60. The summed E-state index contributed by atoms with van der Waals surface area (Å²) in [6, 6.07) is 0.675. The highest BCUT2D eigenvalue weighted by Gasteiger charge is 2.27. The first-order valence-electron chi connectivity index (χ1n) is 8.87. The maximum Gasteiger partial charge on any atom is 0.229 e. The monoisotopic (exact) mass is 291 g/mol. The van der Waals surface area contributed by atoms with Gasteiger partial charge in [0, 0.05) is 17.9 Å². The zero-order valence-corrected chi connectivity index (χ0v) is 13.3. The fourth-order valence-electron chi connectivity index (χ4n) is 3.92. The summed E-state index contributed by atoms with van der Waals surface area (Å²) in [5, 5.41) is 7.70. The van der Waals surface area contributed by atoms with Gasteiger partial charge in [0.05, 0.1) is 0 Å². The zero-order chi connectivity index (χ0) is 14.5. The van der Waals surface area contributed by atoms with Crippen molar-refractivity contribution in [1.82, 2.24) is 15.5 Å². The van der Waals surface area contributed by atoms with Crippen molar-refractivity contribution in [2.24, 2.45) is 0 Å². The number of rotatable bonds is 3. The Bertz CT molecular complexity index is 415. The normalized spacial score (nSPS) is 29.0. The molecule has 0 bridgehead atoms. The first-order valence-corrected chi connectivity index (χ1v) is 8.87. The van der Waals surface area contributed by atoms with E-state index in [0.29, 0.717) is 17.9 Å². The third-order valence-corrected chi connectivity index (χ3v) is 5.41. The highest BCUT2D eigenvalue weighted by Crippen LogP contribution is 2.34. The molecule has 0 unspecified atom stereocenters. The van der Waals surface area contributed by atoms with Crippen LogP contribution in [0.2, 0.25) is 0 Å². The summed E-state index contributed by atoms with van der Waals surface area (Å²) in [6.45, 7) is 0. The van der Waals surface area contributed by atoms with E-state index in [1.54, 1.807) is 0 Å². The van der Waals surface area contributed by atoms with Crippen molar-refractivity contribution < 1.29 is 4.52 Å². The Morgan fingerprint density at radius 3 is 2.19 bits per heavy atom. The highest BCUT2D eigenvalue weighted by molar-refractivity contribution is 5.01. The second-order valence-electron chi connectivity index (χ2n) is 6.87. The van der Waals surface area contributed by atoms with Crippen LogP contribution in [0.15, 0.2) is 4.52 Å². The summed E-state index contributed by atoms with van der Waals surface area (Å²) in [5.41, 5.74) is 0. The summed E-state index contributed by atoms with van der Waals surface area (Å²) in [7, 11) is 2.06. The lowest BCUT2D eigenvalue weighted by Crippen LogP contribution is -2.29. The van der Waals surface area contributed by atoms with Crippen molar-refractivity contribution in [3.05, 3.63) is 11.7 Å². The van der Waals surface area contributed by atoms with Crippen LogP contribution in [-0.4, -0.2) is 23.2 Å². The smallest absolute Gasteiger partial charge is 0.229 e. The largest absolute Gasteiger partial charge is 0.339 e. The molecule has 2 aliphatic carbocycles. The quantitative estimate of drug-likeness (QED) is 0.909. The molecule has 2 fully saturated rings. The van der Waals surface area contributed by atoms with E-state index < -0.39 is 0 Å². The van der Waals surface area contributed by atoms with Crippen LogP contribution in [0.4, 0.5) is 0 Å². The average molecular weight is 291 g/mol. The fourth-order valence-corrected chi connectivity index (χ4v) is 3.92. The molecule has 2 aliphatic rings. The Morgan fingerprint density at radius 1 is 0.857 bits per heavy atom. The molecule has 1 aromatic rings. The standard InChI is InChI=1S/C17H29N3O/c1-18-15-11-9-14(10-12-15)17-19-16(20-21-17)13-7-5-3-2-4-6-8-13/h13-15,18H,2-12H2,1H3. The highest BCUT2D eigenvalue weighted by atomic mass is 16.5. The lowest BCUT2D eigenvalue weighted by Gasteiger charge is -2.25. The van der Waals surface area contributed by atoms with Gasteiger partial charge in [0.2, 0.25) is 5.89 Å². The van der Waals surface area contributed by atoms with Crippen LogP contribution < -0.4 is 5.32 Å². The molecule has 0 aliphatic heterocycles. The minimum absolute atomic E-state index is 0.490. The van der Waals surface area contributed by atoms with Crippen LogP contribution in [0.3, 0.4) is 0 Å². The molecule has 3 rings (SSSR count). The van der Waals surface area contributed by atoms with E-state index in [1.807, 2.05) is 0 Å². The molecular formula is C17H29N3O. The first-order chi connectivity index (χ1) is 10.4. The van der Waals surface area contributed by atoms with Crippen LogP contribution in [-0.2, 0) is 0 Å². The summed E-state index contributed by atoms with van der Waals surface area (Å²) in [6.07, 6.45) is 14.1. The molecule has 2 saturated carbocycles. The van der Waals surface area contributed by atoms with Crippen molar-refractivity contribution in [3.63, 3.8) is 0 Å². The Labute approximate surface area is 128 Å². The molecule has 0 amide bonds. The molecule has 118 valence electrons. The van der Waals surface area contributed by atoms with Crippen molar-refractivity contribution in [3.8, 4) is 0 Å². The summed E-state index contributed by atoms with van der Waals surface area (Å²) in [5.74, 6) is 2.92. The number of nitrogens with one attached hydrogen (secondary N) is 1. The lowest BCUT2D eigenvalue weighted by molar-refractivity contribution is 0.286. The second-order valence-corrected chi connectivity index (χ2v) is 6.87. The van der Waals surface area contributed by atoms with Crippen LogP contribution in [0.5, 0.6) is 0 Å². The van der Waals surface area contributed by atoms with E-state index >= 15 is 0 Å². The molecule has 0 radical (unpaired) electrons. The molecule has 1 aromatic heterocycles. The van der Waals surface area contributed by atoms with E-state index in [0.717, 1.165) is 11.7 Å². The molecule has 0 saturated heterocycles. The van der Waals surface area contributed by atoms with Crippen molar-refractivity contribution in [1.29, 1.82) is 0 Å². The Kier molecular flexibility index (Phi) is 5.28. The minimum atomic E-state index is 0.490. The second kappa shape index (κ2) is 7.39. The summed E-state index contributed by atoms with van der Waals surface area (Å²) < 4.78 is 5.62. The van der Waals surface area contributed by atoms with Gasteiger partial charge in [-0.2, -0.15) is 4.98 Å². The molecule has 0 aromatic carbocycles. The van der Waals surface area contributed by atoms with Crippen molar-refractivity contribution in [2.45, 2.75) is 88.5 Å². The van der Waals surface area contributed by atoms with Gasteiger partial charge in [-0.05, 0) is 45.6 Å². The van der Waals surface area contributed by atoms with Gasteiger partial charge in [-0.25, -0.2) is 0 Å². The van der Waals surface area contributed by atoms with Crippen LogP contribution >= 0.6 is 0 Å². The van der Waals surface area contributed by atoms with Gasteiger partial charge in [0.15, 0.2) is 5.82 Å². The minimum Gasteiger partial charge on any atom is -0.339 e. The predicted molar refractivity (Wildman–Crippen MR) is 83.4 cm³/mol. The fraction of sp³-hybridized carbons (Fsp3) is 0.882. The number of hydrogen-bond donors (Lipinski definition) is 1. The van der Waals surface area contributed by atoms with Gasteiger partial charge in [0.25, 0.3) is 0 Å². The third-order valence-electron chi connectivity index (χ3n) is 5.41. The van der Waals surface area contributed by atoms with E-state index in [9.17, 15) is 0 Å². The Hall–Kier alpha value is -0.900. The van der Waals surface area contributed by atoms with Gasteiger partial charge in [-0.3, -0.25) is 0 Å². The van der Waals surface area contributed by atoms with E-state index in [-0.39, 0.29) is 0 Å². The topological polar surface area (TPSA) is 51.0 Å². The molecule has 21 heavy (non-hydrogen) atoms. The molecule has 4 nitrogen and oxygen atoms in total. The lowest BCUT2D eigenvalue weighted by atomic mass is 9.86. The maximum absolute atomic E-state index is 5.62. The number of aromatic nitrogens is 2. The average Bonchev–Trinajstić information content (AvgIpc) is 2.97. The van der Waals surface area contributed by atoms with Gasteiger partial charge in [-0.15, -0.1) is 0 Å². The third kappa shape index (κ3) is 3.85. The first kappa shape index (κ1) is 15.0. The van der Waals surface area contributed by atoms with Gasteiger partial charge >= 0.3 is 0 Å². The molecule has 0 atom stereocenters. The SMILES string of the molecule is CNC1CCC(c2nc(C3CCCCCCC3)no2)CC1. The number of nitrogens with zero attached hydrogens (tertiary/aromatic N) is 2. The Morgan fingerprint density at radius 2 is 1.52 bits per heavy atom. The molecule has 4 heteroatoms. The van der Waals surface area contributed by atoms with Gasteiger partial charge in [-0.1, -0.05) is 37.3 Å². The van der Waals surface area contributed by atoms with Crippen LogP contribution in [0.25, 0.3) is 0 Å². The van der Waals surface area contributed by atoms with E-state index in [1.165, 1.54) is 70.6 Å².